The third-order valence-corrected chi connectivity index (χ3v) is 3.22. The average molecular weight is 315 g/mol. The quantitative estimate of drug-likeness (QED) is 0.887. The molecule has 0 aromatic heterocycles. The molecule has 2 amide bonds. The smallest absolute Gasteiger partial charge is 0.252 e. The molecular formula is C12H12BrFN2O2. The van der Waals surface area contributed by atoms with Gasteiger partial charge in [0.1, 0.15) is 5.82 Å². The second kappa shape index (κ2) is 5.48. The molecule has 18 heavy (non-hydrogen) atoms. The molecule has 0 radical (unpaired) electrons. The monoisotopic (exact) mass is 314 g/mol. The minimum atomic E-state index is -0.495. The predicted molar refractivity (Wildman–Crippen MR) is 67.6 cm³/mol. The van der Waals surface area contributed by atoms with Gasteiger partial charge in [-0.05, 0) is 47.0 Å². The van der Waals surface area contributed by atoms with Gasteiger partial charge in [0.05, 0.1) is 12.1 Å². The Morgan fingerprint density at radius 2 is 2.11 bits per heavy atom. The molecule has 0 saturated heterocycles. The topological polar surface area (TPSA) is 58.2 Å². The number of halogens is 2. The summed E-state index contributed by atoms with van der Waals surface area (Å²) >= 11 is 3.16. The third-order valence-electron chi connectivity index (χ3n) is 2.52. The van der Waals surface area contributed by atoms with Crippen molar-refractivity contribution >= 4 is 27.7 Å². The third kappa shape index (κ3) is 3.53. The van der Waals surface area contributed by atoms with Crippen molar-refractivity contribution < 1.29 is 14.0 Å². The first kappa shape index (κ1) is 13.0. The van der Waals surface area contributed by atoms with E-state index in [2.05, 4.69) is 26.6 Å². The molecule has 1 fully saturated rings. The van der Waals surface area contributed by atoms with Gasteiger partial charge in [-0.25, -0.2) is 4.39 Å². The van der Waals surface area contributed by atoms with Gasteiger partial charge < -0.3 is 10.6 Å². The van der Waals surface area contributed by atoms with Crippen LogP contribution in [0.15, 0.2) is 22.7 Å². The molecule has 6 heteroatoms. The number of nitrogens with one attached hydrogen (secondary N) is 2. The molecule has 0 spiro atoms. The van der Waals surface area contributed by atoms with E-state index < -0.39 is 11.7 Å². The first-order valence-electron chi connectivity index (χ1n) is 5.59. The predicted octanol–water partition coefficient (Wildman–Crippen LogP) is 1.60. The van der Waals surface area contributed by atoms with Gasteiger partial charge in [-0.2, -0.15) is 0 Å². The first-order chi connectivity index (χ1) is 8.56. The molecule has 0 unspecified atom stereocenters. The zero-order valence-corrected chi connectivity index (χ0v) is 11.1. The van der Waals surface area contributed by atoms with Gasteiger partial charge in [0.15, 0.2) is 0 Å². The summed E-state index contributed by atoms with van der Waals surface area (Å²) in [6.45, 7) is -0.0989. The van der Waals surface area contributed by atoms with Gasteiger partial charge in [0.25, 0.3) is 5.91 Å². The number of rotatable bonds is 4. The van der Waals surface area contributed by atoms with Crippen LogP contribution < -0.4 is 10.6 Å². The van der Waals surface area contributed by atoms with Gasteiger partial charge in [-0.3, -0.25) is 9.59 Å². The minimum Gasteiger partial charge on any atom is -0.352 e. The van der Waals surface area contributed by atoms with Crippen LogP contribution in [0, 0.1) is 5.82 Å². The molecule has 1 saturated carbocycles. The van der Waals surface area contributed by atoms with Crippen LogP contribution in [-0.4, -0.2) is 24.4 Å². The molecule has 96 valence electrons. The maximum absolute atomic E-state index is 13.0. The maximum atomic E-state index is 13.0. The number of amides is 2. The lowest BCUT2D eigenvalue weighted by molar-refractivity contribution is -0.120. The van der Waals surface area contributed by atoms with Crippen molar-refractivity contribution in [1.29, 1.82) is 0 Å². The maximum Gasteiger partial charge on any atom is 0.252 e. The molecule has 1 aliphatic rings. The fraction of sp³-hybridized carbons (Fsp3) is 0.333. The number of carbonyl (C=O) groups excluding carboxylic acids is 2. The summed E-state index contributed by atoms with van der Waals surface area (Å²) in [7, 11) is 0. The van der Waals surface area contributed by atoms with E-state index in [-0.39, 0.29) is 24.1 Å². The van der Waals surface area contributed by atoms with E-state index in [9.17, 15) is 14.0 Å². The van der Waals surface area contributed by atoms with Crippen LogP contribution in [0.25, 0.3) is 0 Å². The fourth-order valence-corrected chi connectivity index (χ4v) is 1.86. The summed E-state index contributed by atoms with van der Waals surface area (Å²) in [6.07, 6.45) is 1.99. The van der Waals surface area contributed by atoms with E-state index >= 15 is 0 Å². The highest BCUT2D eigenvalue weighted by molar-refractivity contribution is 9.10. The highest BCUT2D eigenvalue weighted by Crippen LogP contribution is 2.18. The summed E-state index contributed by atoms with van der Waals surface area (Å²) in [5.74, 6) is -1.20. The summed E-state index contributed by atoms with van der Waals surface area (Å²) in [4.78, 5) is 23.1. The van der Waals surface area contributed by atoms with Gasteiger partial charge >= 0.3 is 0 Å². The van der Waals surface area contributed by atoms with E-state index in [1.807, 2.05) is 0 Å². The Bertz CT molecular complexity index is 489. The second-order valence-electron chi connectivity index (χ2n) is 4.15. The van der Waals surface area contributed by atoms with Crippen LogP contribution in [0.4, 0.5) is 4.39 Å². The lowest BCUT2D eigenvalue weighted by atomic mass is 10.2. The van der Waals surface area contributed by atoms with Crippen LogP contribution in [0.3, 0.4) is 0 Å². The molecule has 0 aliphatic heterocycles. The number of benzene rings is 1. The van der Waals surface area contributed by atoms with Crippen LogP contribution in [0.5, 0.6) is 0 Å². The Morgan fingerprint density at radius 1 is 1.39 bits per heavy atom. The zero-order valence-electron chi connectivity index (χ0n) is 9.50. The van der Waals surface area contributed by atoms with Crippen molar-refractivity contribution in [2.75, 3.05) is 6.54 Å². The molecule has 1 aliphatic carbocycles. The lowest BCUT2D eigenvalue weighted by Crippen LogP contribution is -2.37. The number of carbonyl (C=O) groups is 2. The van der Waals surface area contributed by atoms with E-state index in [1.165, 1.54) is 12.1 Å². The van der Waals surface area contributed by atoms with Crippen molar-refractivity contribution in [2.24, 2.45) is 0 Å². The summed E-state index contributed by atoms with van der Waals surface area (Å²) < 4.78 is 13.5. The summed E-state index contributed by atoms with van der Waals surface area (Å²) in [5, 5.41) is 5.20. The summed E-state index contributed by atoms with van der Waals surface area (Å²) in [6, 6.07) is 4.09. The molecule has 0 atom stereocenters. The Kier molecular flexibility index (Phi) is 3.96. The van der Waals surface area contributed by atoms with Gasteiger partial charge in [0, 0.05) is 10.5 Å². The molecule has 2 N–H and O–H groups in total. The van der Waals surface area contributed by atoms with Crippen molar-refractivity contribution in [3.63, 3.8) is 0 Å². The molecule has 1 aromatic carbocycles. The van der Waals surface area contributed by atoms with Crippen LogP contribution >= 0.6 is 15.9 Å². The normalized spacial score (nSPS) is 14.1. The number of hydrogen-bond acceptors (Lipinski definition) is 2. The largest absolute Gasteiger partial charge is 0.352 e. The molecule has 1 aromatic rings. The minimum absolute atomic E-state index is 0.0989. The summed E-state index contributed by atoms with van der Waals surface area (Å²) in [5.41, 5.74) is 0.175. The molecule has 0 bridgehead atoms. The Balaban J connectivity index is 1.90. The molecule has 4 nitrogen and oxygen atoms in total. The van der Waals surface area contributed by atoms with Crippen molar-refractivity contribution in [1.82, 2.24) is 10.6 Å². The van der Waals surface area contributed by atoms with Crippen LogP contribution in [0.1, 0.15) is 23.2 Å². The van der Waals surface area contributed by atoms with Gasteiger partial charge in [-0.15, -0.1) is 0 Å². The van der Waals surface area contributed by atoms with E-state index in [4.69, 9.17) is 0 Å². The highest BCUT2D eigenvalue weighted by Gasteiger charge is 2.23. The molecule has 0 heterocycles. The fourth-order valence-electron chi connectivity index (χ4n) is 1.43. The highest BCUT2D eigenvalue weighted by atomic mass is 79.9. The van der Waals surface area contributed by atoms with E-state index in [0.29, 0.717) is 4.47 Å². The Morgan fingerprint density at radius 3 is 2.78 bits per heavy atom. The van der Waals surface area contributed by atoms with Crippen molar-refractivity contribution in [3.8, 4) is 0 Å². The second-order valence-corrected chi connectivity index (χ2v) is 5.00. The Hall–Kier alpha value is -1.43. The van der Waals surface area contributed by atoms with Crippen molar-refractivity contribution in [3.05, 3.63) is 34.1 Å². The number of hydrogen-bond donors (Lipinski definition) is 2. The average Bonchev–Trinajstić information content (AvgIpc) is 3.13. The van der Waals surface area contributed by atoms with E-state index in [0.717, 1.165) is 18.9 Å². The first-order valence-corrected chi connectivity index (χ1v) is 6.38. The van der Waals surface area contributed by atoms with Gasteiger partial charge in [0.2, 0.25) is 5.91 Å². The van der Waals surface area contributed by atoms with Crippen LogP contribution in [-0.2, 0) is 4.79 Å². The van der Waals surface area contributed by atoms with Crippen molar-refractivity contribution in [2.45, 2.75) is 18.9 Å². The van der Waals surface area contributed by atoms with E-state index in [1.54, 1.807) is 0 Å². The molecule has 2 rings (SSSR count). The lowest BCUT2D eigenvalue weighted by Gasteiger charge is -2.07. The SMILES string of the molecule is O=C(CNC(=O)c1cc(F)ccc1Br)NC1CC1. The standard InChI is InChI=1S/C12H12BrFN2O2/c13-10-4-1-7(14)5-9(10)12(18)15-6-11(17)16-8-2-3-8/h1,4-5,8H,2-3,6H2,(H,15,18)(H,16,17). The Labute approximate surface area is 112 Å². The zero-order chi connectivity index (χ0) is 13.1. The van der Waals surface area contributed by atoms with Crippen LogP contribution in [0.2, 0.25) is 0 Å². The van der Waals surface area contributed by atoms with Gasteiger partial charge in [-0.1, -0.05) is 0 Å². The molecular weight excluding hydrogens is 303 g/mol.